The monoisotopic (exact) mass is 409 g/mol. The molecule has 1 fully saturated rings. The highest BCUT2D eigenvalue weighted by atomic mass is 19.1. The largest absolute Gasteiger partial charge is 0.390 e. The third kappa shape index (κ3) is 3.98. The van der Waals surface area contributed by atoms with Crippen molar-refractivity contribution in [1.82, 2.24) is 9.38 Å². The van der Waals surface area contributed by atoms with Gasteiger partial charge in [0.1, 0.15) is 17.2 Å². The maximum Gasteiger partial charge on any atom is 0.274 e. The van der Waals surface area contributed by atoms with Crippen LogP contribution in [0.2, 0.25) is 0 Å². The van der Waals surface area contributed by atoms with Crippen molar-refractivity contribution in [2.45, 2.75) is 44.6 Å². The molecule has 1 aliphatic carbocycles. The van der Waals surface area contributed by atoms with Gasteiger partial charge < -0.3 is 10.4 Å². The van der Waals surface area contributed by atoms with Gasteiger partial charge in [-0.3, -0.25) is 14.0 Å². The van der Waals surface area contributed by atoms with Crippen molar-refractivity contribution in [2.24, 2.45) is 5.92 Å². The van der Waals surface area contributed by atoms with E-state index in [9.17, 15) is 19.1 Å². The molecule has 0 spiro atoms. The Morgan fingerprint density at radius 1 is 1.30 bits per heavy atom. The lowest BCUT2D eigenvalue weighted by Gasteiger charge is -2.36. The van der Waals surface area contributed by atoms with Crippen molar-refractivity contribution < 1.29 is 19.1 Å². The Balaban J connectivity index is 1.53. The van der Waals surface area contributed by atoms with E-state index < -0.39 is 17.3 Å². The summed E-state index contributed by atoms with van der Waals surface area (Å²) in [5.74, 6) is -1.45. The van der Waals surface area contributed by atoms with Crippen LogP contribution in [-0.4, -0.2) is 31.8 Å². The predicted molar refractivity (Wildman–Crippen MR) is 111 cm³/mol. The number of nitrogens with one attached hydrogen (secondary N) is 1. The molecule has 1 aromatic carbocycles. The minimum absolute atomic E-state index is 0.0628. The summed E-state index contributed by atoms with van der Waals surface area (Å²) in [6.45, 7) is 1.77. The number of carbonyl (C=O) groups is 2. The van der Waals surface area contributed by atoms with E-state index >= 15 is 0 Å². The summed E-state index contributed by atoms with van der Waals surface area (Å²) in [6, 6.07) is 9.29. The summed E-state index contributed by atoms with van der Waals surface area (Å²) in [7, 11) is 0. The van der Waals surface area contributed by atoms with E-state index in [4.69, 9.17) is 0 Å². The highest BCUT2D eigenvalue weighted by Crippen LogP contribution is 2.36. The van der Waals surface area contributed by atoms with Crippen LogP contribution < -0.4 is 5.32 Å². The zero-order chi connectivity index (χ0) is 21.3. The molecule has 1 saturated carbocycles. The summed E-state index contributed by atoms with van der Waals surface area (Å²) >= 11 is 0. The van der Waals surface area contributed by atoms with E-state index in [1.807, 2.05) is 6.07 Å². The second-order valence-corrected chi connectivity index (χ2v) is 8.15. The molecule has 0 bridgehead atoms. The first kappa shape index (κ1) is 20.2. The summed E-state index contributed by atoms with van der Waals surface area (Å²) < 4.78 is 15.9. The maximum absolute atomic E-state index is 14.3. The number of halogens is 1. The highest BCUT2D eigenvalue weighted by Gasteiger charge is 2.35. The molecule has 2 atom stereocenters. The molecule has 2 heterocycles. The number of aliphatic hydroxyl groups is 1. The Hall–Kier alpha value is -3.06. The number of imidazole rings is 1. The van der Waals surface area contributed by atoms with Crippen molar-refractivity contribution in [2.75, 3.05) is 5.32 Å². The van der Waals surface area contributed by atoms with Crippen LogP contribution in [0.25, 0.3) is 5.65 Å². The fourth-order valence-electron chi connectivity index (χ4n) is 4.13. The molecule has 156 valence electrons. The van der Waals surface area contributed by atoms with Crippen LogP contribution >= 0.6 is 0 Å². The van der Waals surface area contributed by atoms with Gasteiger partial charge in [-0.2, -0.15) is 0 Å². The number of benzene rings is 1. The third-order valence-electron chi connectivity index (χ3n) is 5.98. The van der Waals surface area contributed by atoms with Gasteiger partial charge in [0.2, 0.25) is 0 Å². The van der Waals surface area contributed by atoms with Crippen LogP contribution in [0, 0.1) is 11.7 Å². The molecule has 0 aliphatic heterocycles. The van der Waals surface area contributed by atoms with Gasteiger partial charge in [-0.05, 0) is 56.0 Å². The van der Waals surface area contributed by atoms with Gasteiger partial charge in [0.05, 0.1) is 17.5 Å². The van der Waals surface area contributed by atoms with Gasteiger partial charge in [-0.1, -0.05) is 18.9 Å². The lowest BCUT2D eigenvalue weighted by atomic mass is 9.74. The van der Waals surface area contributed by atoms with Gasteiger partial charge >= 0.3 is 0 Å². The normalized spacial score (nSPS) is 21.5. The number of hydrogen-bond acceptors (Lipinski definition) is 4. The number of ketones is 1. The SMILES string of the molecule is C[C@@]1(O)CCCC[C@H]1CC(=O)c1ccc(F)c(NC(=O)c2cnc3ccccn23)c1. The van der Waals surface area contributed by atoms with E-state index in [1.165, 1.54) is 24.4 Å². The minimum atomic E-state index is -0.867. The first-order chi connectivity index (χ1) is 14.3. The molecular formula is C23H24FN3O3. The van der Waals surface area contributed by atoms with Gasteiger partial charge in [-0.15, -0.1) is 0 Å². The van der Waals surface area contributed by atoms with Gasteiger partial charge in [-0.25, -0.2) is 9.37 Å². The fraction of sp³-hybridized carbons (Fsp3) is 0.348. The average molecular weight is 409 g/mol. The van der Waals surface area contributed by atoms with Crippen molar-refractivity contribution in [3.63, 3.8) is 0 Å². The van der Waals surface area contributed by atoms with Crippen molar-refractivity contribution in [3.05, 3.63) is 65.9 Å². The molecule has 0 saturated heterocycles. The van der Waals surface area contributed by atoms with E-state index in [1.54, 1.807) is 29.7 Å². The molecule has 0 radical (unpaired) electrons. The van der Waals surface area contributed by atoms with Crippen LogP contribution in [0.4, 0.5) is 10.1 Å². The zero-order valence-electron chi connectivity index (χ0n) is 16.8. The van der Waals surface area contributed by atoms with Crippen LogP contribution in [0.15, 0.2) is 48.8 Å². The highest BCUT2D eigenvalue weighted by molar-refractivity contribution is 6.04. The second kappa shape index (κ2) is 7.99. The molecule has 2 aromatic heterocycles. The second-order valence-electron chi connectivity index (χ2n) is 8.15. The summed E-state index contributed by atoms with van der Waals surface area (Å²) in [5, 5.41) is 13.1. The molecule has 4 rings (SSSR count). The lowest BCUT2D eigenvalue weighted by Crippen LogP contribution is -2.38. The molecule has 30 heavy (non-hydrogen) atoms. The zero-order valence-corrected chi connectivity index (χ0v) is 16.8. The minimum Gasteiger partial charge on any atom is -0.390 e. The van der Waals surface area contributed by atoms with Crippen molar-refractivity contribution in [3.8, 4) is 0 Å². The van der Waals surface area contributed by atoms with E-state index in [2.05, 4.69) is 10.3 Å². The fourth-order valence-corrected chi connectivity index (χ4v) is 4.13. The standard InChI is InChI=1S/C23H24FN3O3/c1-23(30)10-4-2-6-16(23)13-20(28)15-8-9-17(24)18(12-15)26-22(29)19-14-25-21-7-3-5-11-27(19)21/h3,5,7-9,11-12,14,16,30H,2,4,6,10,13H2,1H3,(H,26,29)/t16-,23+/m0/s1. The van der Waals surface area contributed by atoms with Crippen LogP contribution in [0.3, 0.4) is 0 Å². The maximum atomic E-state index is 14.3. The molecule has 1 amide bonds. The smallest absolute Gasteiger partial charge is 0.274 e. The quantitative estimate of drug-likeness (QED) is 0.618. The number of pyridine rings is 1. The number of amides is 1. The number of aromatic nitrogens is 2. The predicted octanol–water partition coefficient (Wildman–Crippen LogP) is 4.24. The number of nitrogens with zero attached hydrogens (tertiary/aromatic N) is 2. The number of anilines is 1. The Labute approximate surface area is 173 Å². The molecular weight excluding hydrogens is 385 g/mol. The summed E-state index contributed by atoms with van der Waals surface area (Å²) in [4.78, 5) is 29.6. The van der Waals surface area contributed by atoms with Crippen molar-refractivity contribution >= 4 is 23.0 Å². The van der Waals surface area contributed by atoms with E-state index in [0.29, 0.717) is 17.6 Å². The van der Waals surface area contributed by atoms with Gasteiger partial charge in [0, 0.05) is 18.2 Å². The molecule has 2 N–H and O–H groups in total. The molecule has 1 aliphatic rings. The summed E-state index contributed by atoms with van der Waals surface area (Å²) in [5.41, 5.74) is 0.249. The number of fused-ring (bicyclic) bond motifs is 1. The van der Waals surface area contributed by atoms with Gasteiger partial charge in [0.25, 0.3) is 5.91 Å². The van der Waals surface area contributed by atoms with Crippen molar-refractivity contribution in [1.29, 1.82) is 0 Å². The first-order valence-corrected chi connectivity index (χ1v) is 10.1. The van der Waals surface area contributed by atoms with Crippen LogP contribution in [0.5, 0.6) is 0 Å². The Morgan fingerprint density at radius 3 is 2.93 bits per heavy atom. The first-order valence-electron chi connectivity index (χ1n) is 10.1. The van der Waals surface area contributed by atoms with E-state index in [-0.39, 0.29) is 29.5 Å². The van der Waals surface area contributed by atoms with Gasteiger partial charge in [0.15, 0.2) is 5.78 Å². The summed E-state index contributed by atoms with van der Waals surface area (Å²) in [6.07, 6.45) is 6.71. The number of Topliss-reactive ketones (excluding diaryl/α,β-unsaturated/α-hetero) is 1. The Kier molecular flexibility index (Phi) is 5.39. The average Bonchev–Trinajstić information content (AvgIpc) is 3.15. The third-order valence-corrected chi connectivity index (χ3v) is 5.98. The number of hydrogen-bond donors (Lipinski definition) is 2. The van der Waals surface area contributed by atoms with Crippen LogP contribution in [0.1, 0.15) is 59.9 Å². The Bertz CT molecular complexity index is 1110. The molecule has 6 nitrogen and oxygen atoms in total. The molecule has 0 unspecified atom stereocenters. The van der Waals surface area contributed by atoms with E-state index in [0.717, 1.165) is 19.3 Å². The topological polar surface area (TPSA) is 83.7 Å². The number of carbonyl (C=O) groups excluding carboxylic acids is 2. The molecule has 3 aromatic rings. The molecule has 7 heteroatoms. The number of rotatable bonds is 5. The van der Waals surface area contributed by atoms with Crippen LogP contribution in [-0.2, 0) is 0 Å². The Morgan fingerprint density at radius 2 is 2.13 bits per heavy atom. The lowest BCUT2D eigenvalue weighted by molar-refractivity contribution is -0.0323.